The number of para-hydroxylation sites is 1. The summed E-state index contributed by atoms with van der Waals surface area (Å²) in [4.78, 5) is 24.0. The van der Waals surface area contributed by atoms with Gasteiger partial charge < -0.3 is 5.73 Å². The van der Waals surface area contributed by atoms with Crippen LogP contribution >= 0.6 is 15.9 Å². The van der Waals surface area contributed by atoms with Gasteiger partial charge in [-0.05, 0) is 39.7 Å². The van der Waals surface area contributed by atoms with E-state index in [1.807, 2.05) is 0 Å². The second-order valence-electron chi connectivity index (χ2n) is 6.43. The molecule has 0 saturated heterocycles. The molecule has 0 unspecified atom stereocenters. The van der Waals surface area contributed by atoms with Crippen LogP contribution in [0.5, 0.6) is 0 Å². The van der Waals surface area contributed by atoms with Crippen molar-refractivity contribution in [2.24, 2.45) is 5.73 Å². The predicted molar refractivity (Wildman–Crippen MR) is 122 cm³/mol. The number of carbonyl (C=O) groups is 1. The van der Waals surface area contributed by atoms with Crippen LogP contribution in [0.4, 0.5) is 27.5 Å². The second kappa shape index (κ2) is 9.14. The summed E-state index contributed by atoms with van der Waals surface area (Å²) in [6, 6.07) is 17.7. The van der Waals surface area contributed by atoms with Crippen molar-refractivity contribution in [1.29, 1.82) is 0 Å². The van der Waals surface area contributed by atoms with E-state index >= 15 is 0 Å². The van der Waals surface area contributed by atoms with Crippen LogP contribution in [0.1, 0.15) is 5.56 Å². The third-order valence-corrected chi connectivity index (χ3v) is 6.13. The molecule has 0 fully saturated rings. The van der Waals surface area contributed by atoms with E-state index in [0.29, 0.717) is 15.7 Å². The highest BCUT2D eigenvalue weighted by Crippen LogP contribution is 2.38. The number of primary amides is 1. The number of hydrogen-bond donors (Lipinski definition) is 2. The van der Waals surface area contributed by atoms with Crippen LogP contribution in [-0.4, -0.2) is 19.4 Å². The van der Waals surface area contributed by atoms with Gasteiger partial charge in [0.05, 0.1) is 27.7 Å². The third kappa shape index (κ3) is 5.38. The Hall–Kier alpha value is -3.44. The first-order chi connectivity index (χ1) is 14.7. The number of hydrogen-bond acceptors (Lipinski definition) is 5. The van der Waals surface area contributed by atoms with Crippen LogP contribution in [-0.2, 0) is 15.8 Å². The van der Waals surface area contributed by atoms with Gasteiger partial charge in [-0.1, -0.05) is 42.5 Å². The summed E-state index contributed by atoms with van der Waals surface area (Å²) in [5.41, 5.74) is 5.99. The lowest BCUT2D eigenvalue weighted by atomic mass is 10.2. The number of halogens is 1. The number of carbonyl (C=O) groups excluding carboxylic acids is 1. The normalized spacial score (nSPS) is 11.0. The molecule has 3 aromatic rings. The molecule has 3 N–H and O–H groups in total. The molecule has 0 heterocycles. The Bertz CT molecular complexity index is 1240. The summed E-state index contributed by atoms with van der Waals surface area (Å²) in [5, 5.41) is 11.3. The zero-order valence-electron chi connectivity index (χ0n) is 15.9. The summed E-state index contributed by atoms with van der Waals surface area (Å²) in [5.74, 6) is -0.360. The van der Waals surface area contributed by atoms with E-state index in [0.717, 1.165) is 17.0 Å². The van der Waals surface area contributed by atoms with Crippen molar-refractivity contribution in [2.45, 2.75) is 5.75 Å². The minimum atomic E-state index is -3.97. The van der Waals surface area contributed by atoms with Gasteiger partial charge in [-0.2, -0.15) is 0 Å². The summed E-state index contributed by atoms with van der Waals surface area (Å²) >= 11 is 3.33. The fourth-order valence-corrected chi connectivity index (χ4v) is 4.58. The number of nitro groups is 1. The van der Waals surface area contributed by atoms with Gasteiger partial charge in [0.15, 0.2) is 0 Å². The molecular weight excluding hydrogens is 488 g/mol. The average Bonchev–Trinajstić information content (AvgIpc) is 2.70. The number of urea groups is 1. The highest BCUT2D eigenvalue weighted by atomic mass is 79.9. The molecule has 0 aromatic heterocycles. The Balaban J connectivity index is 2.10. The second-order valence-corrected chi connectivity index (χ2v) is 9.01. The SMILES string of the molecule is NC(=O)N(c1ccccc1Br)c1ccc([N+](=O)[O-])cc1NS(=O)(=O)Cc1ccccc1. The summed E-state index contributed by atoms with van der Waals surface area (Å²) in [6.07, 6.45) is 0. The largest absolute Gasteiger partial charge is 0.351 e. The monoisotopic (exact) mass is 504 g/mol. The molecule has 0 aliphatic heterocycles. The number of nitrogens with two attached hydrogens (primary N) is 1. The quantitative estimate of drug-likeness (QED) is 0.360. The van der Waals surface area contributed by atoms with Gasteiger partial charge >= 0.3 is 6.03 Å². The minimum absolute atomic E-state index is 0.0432. The topological polar surface area (TPSA) is 136 Å². The van der Waals surface area contributed by atoms with Crippen molar-refractivity contribution >= 4 is 54.7 Å². The summed E-state index contributed by atoms with van der Waals surface area (Å²) in [6.45, 7) is 0. The van der Waals surface area contributed by atoms with Gasteiger partial charge in [-0.3, -0.25) is 19.7 Å². The minimum Gasteiger partial charge on any atom is -0.351 e. The smallest absolute Gasteiger partial charge is 0.323 e. The number of nitro benzene ring substituents is 1. The fourth-order valence-electron chi connectivity index (χ4n) is 2.91. The van der Waals surface area contributed by atoms with E-state index in [1.165, 1.54) is 6.07 Å². The van der Waals surface area contributed by atoms with Crippen LogP contribution in [0.3, 0.4) is 0 Å². The van der Waals surface area contributed by atoms with Crippen molar-refractivity contribution < 1.29 is 18.1 Å². The van der Waals surface area contributed by atoms with Crippen LogP contribution < -0.4 is 15.4 Å². The molecular formula is C20H17BrN4O5S. The Morgan fingerprint density at radius 3 is 2.29 bits per heavy atom. The van der Waals surface area contributed by atoms with Crippen molar-refractivity contribution in [2.75, 3.05) is 9.62 Å². The van der Waals surface area contributed by atoms with Gasteiger partial charge in [0.25, 0.3) is 5.69 Å². The predicted octanol–water partition coefficient (Wildman–Crippen LogP) is 4.52. The van der Waals surface area contributed by atoms with E-state index in [9.17, 15) is 23.3 Å². The molecule has 11 heteroatoms. The molecule has 0 bridgehead atoms. The van der Waals surface area contributed by atoms with E-state index in [1.54, 1.807) is 54.6 Å². The number of nitrogens with one attached hydrogen (secondary N) is 1. The Labute approximate surface area is 186 Å². The maximum atomic E-state index is 12.8. The maximum absolute atomic E-state index is 12.8. The standard InChI is InChI=1S/C20H17BrN4O5S/c21-16-8-4-5-9-18(16)24(20(22)26)19-11-10-15(25(27)28)12-17(19)23-31(29,30)13-14-6-2-1-3-7-14/h1-12,23H,13H2,(H2,22,26). The van der Waals surface area contributed by atoms with E-state index in [-0.39, 0.29) is 22.8 Å². The first-order valence-corrected chi connectivity index (χ1v) is 11.3. The Morgan fingerprint density at radius 2 is 1.68 bits per heavy atom. The van der Waals surface area contributed by atoms with Crippen LogP contribution in [0.25, 0.3) is 0 Å². The van der Waals surface area contributed by atoms with Gasteiger partial charge in [0, 0.05) is 16.6 Å². The first-order valence-electron chi connectivity index (χ1n) is 8.85. The average molecular weight is 505 g/mol. The number of non-ortho nitro benzene ring substituents is 1. The molecule has 9 nitrogen and oxygen atoms in total. The van der Waals surface area contributed by atoms with Crippen LogP contribution in [0, 0.1) is 10.1 Å². The highest BCUT2D eigenvalue weighted by molar-refractivity contribution is 9.10. The van der Waals surface area contributed by atoms with Gasteiger partial charge in [-0.15, -0.1) is 0 Å². The lowest BCUT2D eigenvalue weighted by Crippen LogP contribution is -2.32. The van der Waals surface area contributed by atoms with Crippen molar-refractivity contribution in [3.8, 4) is 0 Å². The molecule has 31 heavy (non-hydrogen) atoms. The van der Waals surface area contributed by atoms with Gasteiger partial charge in [0.2, 0.25) is 10.0 Å². The number of rotatable bonds is 7. The molecule has 0 radical (unpaired) electrons. The molecule has 0 spiro atoms. The number of anilines is 3. The zero-order chi connectivity index (χ0) is 22.6. The van der Waals surface area contributed by atoms with Crippen LogP contribution in [0.15, 0.2) is 77.3 Å². The Morgan fingerprint density at radius 1 is 1.03 bits per heavy atom. The van der Waals surface area contributed by atoms with E-state index in [4.69, 9.17) is 5.73 Å². The lowest BCUT2D eigenvalue weighted by molar-refractivity contribution is -0.384. The lowest BCUT2D eigenvalue weighted by Gasteiger charge is -2.24. The van der Waals surface area contributed by atoms with Crippen molar-refractivity contribution in [1.82, 2.24) is 0 Å². The molecule has 0 aliphatic carbocycles. The molecule has 160 valence electrons. The molecule has 3 rings (SSSR count). The number of benzene rings is 3. The molecule has 0 atom stereocenters. The van der Waals surface area contributed by atoms with Crippen molar-refractivity contribution in [3.63, 3.8) is 0 Å². The summed E-state index contributed by atoms with van der Waals surface area (Å²) in [7, 11) is -3.97. The molecule has 0 saturated carbocycles. The number of nitrogens with zero attached hydrogens (tertiary/aromatic N) is 2. The highest BCUT2D eigenvalue weighted by Gasteiger charge is 2.25. The van der Waals surface area contributed by atoms with Crippen molar-refractivity contribution in [3.05, 3.63) is 92.9 Å². The van der Waals surface area contributed by atoms with Crippen LogP contribution in [0.2, 0.25) is 0 Å². The van der Waals surface area contributed by atoms with Gasteiger partial charge in [0.1, 0.15) is 0 Å². The van der Waals surface area contributed by atoms with E-state index < -0.39 is 21.0 Å². The summed E-state index contributed by atoms with van der Waals surface area (Å²) < 4.78 is 28.4. The zero-order valence-corrected chi connectivity index (χ0v) is 18.3. The molecule has 0 aliphatic rings. The number of sulfonamides is 1. The van der Waals surface area contributed by atoms with E-state index in [2.05, 4.69) is 20.7 Å². The first kappa shape index (κ1) is 22.2. The molecule has 3 aromatic carbocycles. The maximum Gasteiger partial charge on any atom is 0.323 e. The molecule has 2 amide bonds. The van der Waals surface area contributed by atoms with Gasteiger partial charge in [-0.25, -0.2) is 13.2 Å². The Kier molecular flexibility index (Phi) is 6.56. The number of amides is 2. The third-order valence-electron chi connectivity index (χ3n) is 4.21. The fraction of sp³-hybridized carbons (Fsp3) is 0.0500.